The fraction of sp³-hybridized carbons (Fsp3) is 0.333. The van der Waals surface area contributed by atoms with Gasteiger partial charge in [0, 0.05) is 45.1 Å². The van der Waals surface area contributed by atoms with Crippen LogP contribution in [-0.2, 0) is 6.54 Å². The summed E-state index contributed by atoms with van der Waals surface area (Å²) in [5.41, 5.74) is 2.10. The Hall–Kier alpha value is -2.27. The van der Waals surface area contributed by atoms with Crippen LogP contribution in [0.15, 0.2) is 42.7 Å². The van der Waals surface area contributed by atoms with Crippen LogP contribution in [0, 0.1) is 5.82 Å². The van der Waals surface area contributed by atoms with Crippen LogP contribution in [0.5, 0.6) is 0 Å². The number of nitrogens with zero attached hydrogens (tertiary/aromatic N) is 3. The number of hydrogen-bond donors (Lipinski definition) is 0. The van der Waals surface area contributed by atoms with Crippen molar-refractivity contribution in [2.24, 2.45) is 0 Å². The molecule has 0 radical (unpaired) electrons. The highest BCUT2D eigenvalue weighted by molar-refractivity contribution is 6.00. The van der Waals surface area contributed by atoms with Gasteiger partial charge in [0.15, 0.2) is 5.78 Å². The van der Waals surface area contributed by atoms with Crippen molar-refractivity contribution in [1.29, 1.82) is 0 Å². The van der Waals surface area contributed by atoms with E-state index in [-0.39, 0.29) is 11.3 Å². The Bertz CT molecular complexity index is 682. The first kappa shape index (κ1) is 15.6. The van der Waals surface area contributed by atoms with Gasteiger partial charge in [0.05, 0.1) is 11.3 Å². The zero-order chi connectivity index (χ0) is 16.2. The third-order valence-corrected chi connectivity index (χ3v) is 4.19. The Morgan fingerprint density at radius 1 is 1.17 bits per heavy atom. The molecule has 0 spiro atoms. The van der Waals surface area contributed by atoms with Crippen molar-refractivity contribution in [2.45, 2.75) is 13.5 Å². The summed E-state index contributed by atoms with van der Waals surface area (Å²) in [7, 11) is 0. The number of anilines is 1. The summed E-state index contributed by atoms with van der Waals surface area (Å²) in [6, 6.07) is 8.85. The van der Waals surface area contributed by atoms with Crippen LogP contribution in [-0.4, -0.2) is 41.8 Å². The summed E-state index contributed by atoms with van der Waals surface area (Å²) in [4.78, 5) is 20.3. The highest BCUT2D eigenvalue weighted by Gasteiger charge is 2.22. The summed E-state index contributed by atoms with van der Waals surface area (Å²) in [5.74, 6) is -0.663. The number of carbonyl (C=O) groups excluding carboxylic acids is 1. The largest absolute Gasteiger partial charge is 0.368 e. The Labute approximate surface area is 135 Å². The quantitative estimate of drug-likeness (QED) is 0.813. The van der Waals surface area contributed by atoms with Gasteiger partial charge in [-0.1, -0.05) is 12.1 Å². The predicted molar refractivity (Wildman–Crippen MR) is 88.1 cm³/mol. The normalized spacial score (nSPS) is 15.7. The third kappa shape index (κ3) is 3.56. The van der Waals surface area contributed by atoms with Gasteiger partial charge in [-0.25, -0.2) is 4.39 Å². The number of Topliss-reactive ketones (excluding diaryl/α,β-unsaturated/α-hetero) is 1. The predicted octanol–water partition coefficient (Wildman–Crippen LogP) is 2.75. The Morgan fingerprint density at radius 2 is 1.96 bits per heavy atom. The maximum atomic E-state index is 14.0. The first-order valence-electron chi connectivity index (χ1n) is 7.81. The molecule has 1 aromatic carbocycles. The lowest BCUT2D eigenvalue weighted by atomic mass is 10.1. The average Bonchev–Trinajstić information content (AvgIpc) is 2.56. The van der Waals surface area contributed by atoms with Gasteiger partial charge in [-0.3, -0.25) is 14.7 Å². The van der Waals surface area contributed by atoms with E-state index in [1.54, 1.807) is 12.3 Å². The van der Waals surface area contributed by atoms with Crippen LogP contribution in [0.2, 0.25) is 0 Å². The van der Waals surface area contributed by atoms with E-state index in [9.17, 15) is 9.18 Å². The molecule has 23 heavy (non-hydrogen) atoms. The number of piperazine rings is 1. The standard InChI is InChI=1S/C18H20FN3O/c1-14(23)18-16(19)5-2-6-17(18)22-10-8-21(9-11-22)13-15-4-3-7-20-12-15/h2-7,12H,8-11,13H2,1H3. The molecular weight excluding hydrogens is 293 g/mol. The van der Waals surface area contributed by atoms with E-state index in [1.807, 2.05) is 18.3 Å². The molecule has 4 nitrogen and oxygen atoms in total. The van der Waals surface area contributed by atoms with E-state index in [0.29, 0.717) is 5.69 Å². The molecule has 1 aromatic heterocycles. The summed E-state index contributed by atoms with van der Waals surface area (Å²) in [6.45, 7) is 5.60. The first-order chi connectivity index (χ1) is 11.1. The molecule has 1 fully saturated rings. The molecule has 2 heterocycles. The molecule has 0 N–H and O–H groups in total. The molecule has 3 rings (SSSR count). The highest BCUT2D eigenvalue weighted by Crippen LogP contribution is 2.25. The number of halogens is 1. The number of pyridine rings is 1. The third-order valence-electron chi connectivity index (χ3n) is 4.19. The molecule has 0 atom stereocenters. The van der Waals surface area contributed by atoms with E-state index in [1.165, 1.54) is 18.6 Å². The van der Waals surface area contributed by atoms with Crippen molar-refractivity contribution < 1.29 is 9.18 Å². The van der Waals surface area contributed by atoms with Crippen LogP contribution in [0.1, 0.15) is 22.8 Å². The molecule has 1 aliphatic rings. The molecule has 0 amide bonds. The molecule has 120 valence electrons. The van der Waals surface area contributed by atoms with Gasteiger partial charge in [0.1, 0.15) is 5.82 Å². The van der Waals surface area contributed by atoms with E-state index >= 15 is 0 Å². The molecule has 0 aliphatic carbocycles. The van der Waals surface area contributed by atoms with Gasteiger partial charge in [0.25, 0.3) is 0 Å². The second kappa shape index (κ2) is 6.87. The van der Waals surface area contributed by atoms with E-state index in [4.69, 9.17) is 0 Å². The van der Waals surface area contributed by atoms with E-state index < -0.39 is 5.82 Å². The summed E-state index contributed by atoms with van der Waals surface area (Å²) in [6.07, 6.45) is 3.65. The summed E-state index contributed by atoms with van der Waals surface area (Å²) >= 11 is 0. The van der Waals surface area contributed by atoms with Crippen molar-refractivity contribution in [1.82, 2.24) is 9.88 Å². The lowest BCUT2D eigenvalue weighted by Crippen LogP contribution is -2.46. The fourth-order valence-corrected chi connectivity index (χ4v) is 3.02. The maximum absolute atomic E-state index is 14.0. The SMILES string of the molecule is CC(=O)c1c(F)cccc1N1CCN(Cc2cccnc2)CC1. The van der Waals surface area contributed by atoms with E-state index in [2.05, 4.69) is 20.9 Å². The second-order valence-corrected chi connectivity index (χ2v) is 5.81. The average molecular weight is 313 g/mol. The molecular formula is C18H20FN3O. The minimum Gasteiger partial charge on any atom is -0.368 e. The minimum absolute atomic E-state index is 0.202. The Kier molecular flexibility index (Phi) is 4.67. The van der Waals surface area contributed by atoms with Gasteiger partial charge in [-0.05, 0) is 30.7 Å². The smallest absolute Gasteiger partial charge is 0.164 e. The zero-order valence-electron chi connectivity index (χ0n) is 13.2. The highest BCUT2D eigenvalue weighted by atomic mass is 19.1. The van der Waals surface area contributed by atoms with E-state index in [0.717, 1.165) is 32.7 Å². The van der Waals surface area contributed by atoms with Crippen molar-refractivity contribution in [3.05, 3.63) is 59.7 Å². The van der Waals surface area contributed by atoms with Crippen molar-refractivity contribution >= 4 is 11.5 Å². The van der Waals surface area contributed by atoms with Gasteiger partial charge in [-0.2, -0.15) is 0 Å². The maximum Gasteiger partial charge on any atom is 0.164 e. The topological polar surface area (TPSA) is 36.4 Å². The molecule has 5 heteroatoms. The number of benzene rings is 1. The van der Waals surface area contributed by atoms with Crippen molar-refractivity contribution in [3.8, 4) is 0 Å². The Balaban J connectivity index is 1.68. The molecule has 0 saturated carbocycles. The molecule has 2 aromatic rings. The van der Waals surface area contributed by atoms with Crippen LogP contribution in [0.3, 0.4) is 0 Å². The van der Waals surface area contributed by atoms with Crippen LogP contribution in [0.25, 0.3) is 0 Å². The molecule has 0 bridgehead atoms. The van der Waals surface area contributed by atoms with Gasteiger partial charge < -0.3 is 4.90 Å². The second-order valence-electron chi connectivity index (χ2n) is 5.81. The monoisotopic (exact) mass is 313 g/mol. The summed E-state index contributed by atoms with van der Waals surface area (Å²) < 4.78 is 14.0. The zero-order valence-corrected chi connectivity index (χ0v) is 13.2. The van der Waals surface area contributed by atoms with Crippen LogP contribution in [0.4, 0.5) is 10.1 Å². The van der Waals surface area contributed by atoms with Gasteiger partial charge in [-0.15, -0.1) is 0 Å². The number of rotatable bonds is 4. The number of hydrogen-bond acceptors (Lipinski definition) is 4. The molecule has 1 aliphatic heterocycles. The van der Waals surface area contributed by atoms with Gasteiger partial charge >= 0.3 is 0 Å². The van der Waals surface area contributed by atoms with Crippen LogP contribution >= 0.6 is 0 Å². The fourth-order valence-electron chi connectivity index (χ4n) is 3.02. The molecule has 1 saturated heterocycles. The van der Waals surface area contributed by atoms with Crippen LogP contribution < -0.4 is 4.90 Å². The Morgan fingerprint density at radius 3 is 2.61 bits per heavy atom. The summed E-state index contributed by atoms with van der Waals surface area (Å²) in [5, 5.41) is 0. The lowest BCUT2D eigenvalue weighted by molar-refractivity contribution is 0.101. The number of aromatic nitrogens is 1. The first-order valence-corrected chi connectivity index (χ1v) is 7.81. The van der Waals surface area contributed by atoms with Crippen molar-refractivity contribution in [3.63, 3.8) is 0 Å². The lowest BCUT2D eigenvalue weighted by Gasteiger charge is -2.36. The number of ketones is 1. The number of carbonyl (C=O) groups is 1. The van der Waals surface area contributed by atoms with Gasteiger partial charge in [0.2, 0.25) is 0 Å². The minimum atomic E-state index is -0.437. The molecule has 0 unspecified atom stereocenters. The van der Waals surface area contributed by atoms with Crippen molar-refractivity contribution in [2.75, 3.05) is 31.1 Å².